The number of benzene rings is 3. The summed E-state index contributed by atoms with van der Waals surface area (Å²) in [5.41, 5.74) is 6.16. The maximum Gasteiger partial charge on any atom is 0.338 e. The standard InChI is InChI=1S/C26H25NO3/c1-4-30-26(29)22-13-15-23(16-14-22)27-25(28)17-24(20-9-5-18(2)6-10-20)21-11-7-19(3)8-12-21/h5-17H,4H2,1-3H3,(H,27,28). The van der Waals surface area contributed by atoms with Crippen molar-refractivity contribution in [3.8, 4) is 0 Å². The van der Waals surface area contributed by atoms with Crippen LogP contribution in [-0.4, -0.2) is 18.5 Å². The monoisotopic (exact) mass is 399 g/mol. The van der Waals surface area contributed by atoms with E-state index in [1.54, 1.807) is 37.3 Å². The second-order valence-corrected chi connectivity index (χ2v) is 7.08. The Morgan fingerprint density at radius 3 is 1.70 bits per heavy atom. The topological polar surface area (TPSA) is 55.4 Å². The van der Waals surface area contributed by atoms with Crippen molar-refractivity contribution in [1.82, 2.24) is 0 Å². The number of nitrogens with one attached hydrogen (secondary N) is 1. The lowest BCUT2D eigenvalue weighted by atomic mass is 9.96. The Morgan fingerprint density at radius 2 is 1.23 bits per heavy atom. The van der Waals surface area contributed by atoms with Gasteiger partial charge in [0.15, 0.2) is 0 Å². The summed E-state index contributed by atoms with van der Waals surface area (Å²) in [6.07, 6.45) is 1.61. The molecule has 152 valence electrons. The Bertz CT molecular complexity index is 999. The molecule has 0 fully saturated rings. The van der Waals surface area contributed by atoms with Crippen LogP contribution >= 0.6 is 0 Å². The average molecular weight is 399 g/mol. The van der Waals surface area contributed by atoms with Gasteiger partial charge in [-0.05, 0) is 61.7 Å². The highest BCUT2D eigenvalue weighted by atomic mass is 16.5. The molecule has 0 heterocycles. The lowest BCUT2D eigenvalue weighted by Crippen LogP contribution is -2.10. The van der Waals surface area contributed by atoms with Gasteiger partial charge in [0, 0.05) is 11.8 Å². The van der Waals surface area contributed by atoms with Crippen LogP contribution in [0.3, 0.4) is 0 Å². The number of esters is 1. The van der Waals surface area contributed by atoms with E-state index >= 15 is 0 Å². The Balaban J connectivity index is 1.85. The zero-order valence-corrected chi connectivity index (χ0v) is 17.4. The van der Waals surface area contributed by atoms with Gasteiger partial charge in [-0.15, -0.1) is 0 Å². The summed E-state index contributed by atoms with van der Waals surface area (Å²) in [7, 11) is 0. The van der Waals surface area contributed by atoms with Crippen molar-refractivity contribution in [1.29, 1.82) is 0 Å². The van der Waals surface area contributed by atoms with E-state index in [1.807, 2.05) is 62.4 Å². The molecule has 3 rings (SSSR count). The molecule has 4 nitrogen and oxygen atoms in total. The minimum absolute atomic E-state index is 0.241. The van der Waals surface area contributed by atoms with Crippen LogP contribution in [0.2, 0.25) is 0 Å². The second kappa shape index (κ2) is 9.70. The van der Waals surface area contributed by atoms with Crippen molar-refractivity contribution in [2.24, 2.45) is 0 Å². The molecule has 0 saturated carbocycles. The fourth-order valence-electron chi connectivity index (χ4n) is 3.01. The van der Waals surface area contributed by atoms with Crippen molar-refractivity contribution >= 4 is 23.1 Å². The first-order valence-corrected chi connectivity index (χ1v) is 9.90. The molecule has 0 aliphatic heterocycles. The maximum absolute atomic E-state index is 12.7. The van der Waals surface area contributed by atoms with Crippen LogP contribution in [-0.2, 0) is 9.53 Å². The van der Waals surface area contributed by atoms with Gasteiger partial charge >= 0.3 is 5.97 Å². The van der Waals surface area contributed by atoms with Crippen molar-refractivity contribution < 1.29 is 14.3 Å². The fraction of sp³-hybridized carbons (Fsp3) is 0.154. The smallest absolute Gasteiger partial charge is 0.338 e. The van der Waals surface area contributed by atoms with Gasteiger partial charge in [-0.25, -0.2) is 4.79 Å². The van der Waals surface area contributed by atoms with Crippen LogP contribution in [0.1, 0.15) is 39.5 Å². The third kappa shape index (κ3) is 5.45. The molecule has 0 aliphatic carbocycles. The highest BCUT2D eigenvalue weighted by molar-refractivity contribution is 6.06. The first-order chi connectivity index (χ1) is 14.5. The molecule has 3 aromatic rings. The first kappa shape index (κ1) is 21.1. The molecule has 1 N–H and O–H groups in total. The predicted molar refractivity (Wildman–Crippen MR) is 120 cm³/mol. The quantitative estimate of drug-likeness (QED) is 0.437. The minimum atomic E-state index is -0.378. The number of hydrogen-bond donors (Lipinski definition) is 1. The van der Waals surface area contributed by atoms with E-state index in [9.17, 15) is 9.59 Å². The van der Waals surface area contributed by atoms with E-state index in [0.717, 1.165) is 27.8 Å². The molecule has 3 aromatic carbocycles. The number of amides is 1. The largest absolute Gasteiger partial charge is 0.462 e. The van der Waals surface area contributed by atoms with Crippen molar-refractivity contribution in [3.63, 3.8) is 0 Å². The van der Waals surface area contributed by atoms with Gasteiger partial charge < -0.3 is 10.1 Å². The lowest BCUT2D eigenvalue weighted by molar-refractivity contribution is -0.111. The van der Waals surface area contributed by atoms with Gasteiger partial charge in [-0.2, -0.15) is 0 Å². The van der Waals surface area contributed by atoms with Gasteiger partial charge in [0.1, 0.15) is 0 Å². The maximum atomic E-state index is 12.7. The number of hydrogen-bond acceptors (Lipinski definition) is 3. The summed E-state index contributed by atoms with van der Waals surface area (Å²) in [5, 5.41) is 2.87. The summed E-state index contributed by atoms with van der Waals surface area (Å²) in [4.78, 5) is 24.5. The third-order valence-corrected chi connectivity index (χ3v) is 4.66. The fourth-order valence-corrected chi connectivity index (χ4v) is 3.01. The molecular weight excluding hydrogens is 374 g/mol. The molecule has 0 aromatic heterocycles. The number of carbonyl (C=O) groups excluding carboxylic acids is 2. The Morgan fingerprint density at radius 1 is 0.767 bits per heavy atom. The van der Waals surface area contributed by atoms with Crippen LogP contribution in [0.4, 0.5) is 5.69 Å². The number of carbonyl (C=O) groups is 2. The van der Waals surface area contributed by atoms with E-state index in [4.69, 9.17) is 4.74 Å². The molecule has 1 amide bonds. The molecule has 0 bridgehead atoms. The lowest BCUT2D eigenvalue weighted by Gasteiger charge is -2.10. The van der Waals surface area contributed by atoms with Gasteiger partial charge in [0.2, 0.25) is 5.91 Å². The highest BCUT2D eigenvalue weighted by Crippen LogP contribution is 2.24. The summed E-state index contributed by atoms with van der Waals surface area (Å²) in [6.45, 7) is 6.15. The summed E-state index contributed by atoms with van der Waals surface area (Å²) < 4.78 is 4.98. The molecule has 0 radical (unpaired) electrons. The Labute approximate surface area is 177 Å². The van der Waals surface area contributed by atoms with Crippen LogP contribution in [0.5, 0.6) is 0 Å². The SMILES string of the molecule is CCOC(=O)c1ccc(NC(=O)C=C(c2ccc(C)cc2)c2ccc(C)cc2)cc1. The van der Waals surface area contributed by atoms with Gasteiger partial charge in [0.05, 0.1) is 12.2 Å². The van der Waals surface area contributed by atoms with Crippen LogP contribution < -0.4 is 5.32 Å². The summed E-state index contributed by atoms with van der Waals surface area (Å²) >= 11 is 0. The summed E-state index contributed by atoms with van der Waals surface area (Å²) in [5.74, 6) is -0.619. The average Bonchev–Trinajstić information content (AvgIpc) is 2.74. The van der Waals surface area contributed by atoms with Crippen molar-refractivity contribution in [2.75, 3.05) is 11.9 Å². The number of anilines is 1. The highest BCUT2D eigenvalue weighted by Gasteiger charge is 2.10. The van der Waals surface area contributed by atoms with Gasteiger partial charge in [0.25, 0.3) is 0 Å². The molecule has 4 heteroatoms. The minimum Gasteiger partial charge on any atom is -0.462 e. The summed E-state index contributed by atoms with van der Waals surface area (Å²) in [6, 6.07) is 22.8. The van der Waals surface area contributed by atoms with Crippen LogP contribution in [0, 0.1) is 13.8 Å². The van der Waals surface area contributed by atoms with Crippen LogP contribution in [0.15, 0.2) is 78.9 Å². The normalized spacial score (nSPS) is 10.2. The molecule has 0 saturated heterocycles. The zero-order chi connectivity index (χ0) is 21.5. The second-order valence-electron chi connectivity index (χ2n) is 7.08. The van der Waals surface area contributed by atoms with E-state index < -0.39 is 0 Å². The number of rotatable bonds is 6. The van der Waals surface area contributed by atoms with Gasteiger partial charge in [-0.1, -0.05) is 59.7 Å². The Hall–Kier alpha value is -3.66. The molecule has 30 heavy (non-hydrogen) atoms. The third-order valence-electron chi connectivity index (χ3n) is 4.66. The van der Waals surface area contributed by atoms with Crippen molar-refractivity contribution in [3.05, 3.63) is 107 Å². The first-order valence-electron chi connectivity index (χ1n) is 9.90. The number of aryl methyl sites for hydroxylation is 2. The molecule has 0 atom stereocenters. The van der Waals surface area contributed by atoms with Crippen LogP contribution in [0.25, 0.3) is 5.57 Å². The zero-order valence-electron chi connectivity index (χ0n) is 17.4. The number of ether oxygens (including phenoxy) is 1. The molecule has 0 aliphatic rings. The van der Waals surface area contributed by atoms with E-state index in [0.29, 0.717) is 17.9 Å². The van der Waals surface area contributed by atoms with E-state index in [-0.39, 0.29) is 11.9 Å². The van der Waals surface area contributed by atoms with E-state index in [1.165, 1.54) is 0 Å². The molecular formula is C26H25NO3. The van der Waals surface area contributed by atoms with Gasteiger partial charge in [-0.3, -0.25) is 4.79 Å². The molecule has 0 unspecified atom stereocenters. The Kier molecular flexibility index (Phi) is 6.81. The van der Waals surface area contributed by atoms with E-state index in [2.05, 4.69) is 5.32 Å². The van der Waals surface area contributed by atoms with Crippen molar-refractivity contribution in [2.45, 2.75) is 20.8 Å². The predicted octanol–water partition coefficient (Wildman–Crippen LogP) is 5.55. The molecule has 0 spiro atoms.